The number of amides is 4. The van der Waals surface area contributed by atoms with E-state index >= 15 is 0 Å². The van der Waals surface area contributed by atoms with E-state index < -0.39 is 12.1 Å². The van der Waals surface area contributed by atoms with Crippen molar-refractivity contribution in [2.75, 3.05) is 28.3 Å². The fourth-order valence-corrected chi connectivity index (χ4v) is 0.791. The van der Waals surface area contributed by atoms with Gasteiger partial charge in [0.2, 0.25) is 0 Å². The largest absolute Gasteiger partial charge is 0.468 e. The van der Waals surface area contributed by atoms with Gasteiger partial charge in [0.25, 0.3) is 0 Å². The molecule has 7 nitrogen and oxygen atoms in total. The van der Waals surface area contributed by atoms with Crippen molar-refractivity contribution in [3.63, 3.8) is 0 Å². The zero-order chi connectivity index (χ0) is 14.5. The summed E-state index contributed by atoms with van der Waals surface area (Å²) in [4.78, 5) is 29.6. The Labute approximate surface area is 108 Å². The molecule has 0 atom stereocenters. The molecule has 0 heterocycles. The van der Waals surface area contributed by atoms with Gasteiger partial charge >= 0.3 is 18.1 Å². The number of ether oxygens (including phenoxy) is 1. The molecule has 0 fully saturated rings. The summed E-state index contributed by atoms with van der Waals surface area (Å²) in [5.41, 5.74) is -0.339. The highest BCUT2D eigenvalue weighted by molar-refractivity contribution is 5.98. The van der Waals surface area contributed by atoms with E-state index in [1.54, 1.807) is 21.1 Å². The zero-order valence-corrected chi connectivity index (χ0v) is 12.1. The minimum Gasteiger partial charge on any atom is -0.468 e. The Morgan fingerprint density at radius 2 is 1.67 bits per heavy atom. The number of aliphatic imine (C=N–C) groups is 1. The van der Waals surface area contributed by atoms with E-state index in [0.717, 1.165) is 0 Å². The molecule has 0 aliphatic rings. The fourth-order valence-electron chi connectivity index (χ4n) is 0.791. The minimum absolute atomic E-state index is 0.130. The number of amidine groups is 1. The molecular weight excluding hydrogens is 236 g/mol. The lowest BCUT2D eigenvalue weighted by Crippen LogP contribution is -2.50. The summed E-state index contributed by atoms with van der Waals surface area (Å²) < 4.78 is 4.85. The maximum absolute atomic E-state index is 11.8. The number of carbonyl (C=O) groups is 2. The van der Waals surface area contributed by atoms with Crippen LogP contribution in [0.5, 0.6) is 0 Å². The van der Waals surface area contributed by atoms with Crippen molar-refractivity contribution in [2.45, 2.75) is 26.3 Å². The first-order valence-electron chi connectivity index (χ1n) is 5.48. The van der Waals surface area contributed by atoms with Crippen molar-refractivity contribution < 1.29 is 14.3 Å². The molecule has 0 saturated carbocycles. The van der Waals surface area contributed by atoms with Crippen LogP contribution in [0.1, 0.15) is 20.8 Å². The molecule has 0 spiro atoms. The van der Waals surface area contributed by atoms with Crippen LogP contribution >= 0.6 is 0 Å². The van der Waals surface area contributed by atoms with Gasteiger partial charge in [-0.05, 0) is 20.8 Å². The number of urea groups is 2. The molecule has 0 saturated heterocycles. The standard InChI is InChI=1S/C11H22N4O3/c1-11(2,3)15(6)10(17)13-8(18-7)12-9(16)14(4)5/h1-7H3,(H,12,13,16,17). The second-order valence-electron chi connectivity index (χ2n) is 4.96. The molecule has 0 aliphatic carbocycles. The van der Waals surface area contributed by atoms with Gasteiger partial charge in [-0.3, -0.25) is 5.32 Å². The molecule has 18 heavy (non-hydrogen) atoms. The molecule has 0 aromatic carbocycles. The first kappa shape index (κ1) is 16.2. The van der Waals surface area contributed by atoms with E-state index in [-0.39, 0.29) is 11.6 Å². The van der Waals surface area contributed by atoms with Crippen LogP contribution in [0.4, 0.5) is 9.59 Å². The first-order valence-corrected chi connectivity index (χ1v) is 5.48. The fraction of sp³-hybridized carbons (Fsp3) is 0.727. The summed E-state index contributed by atoms with van der Waals surface area (Å²) in [6.07, 6.45) is 0. The smallest absolute Gasteiger partial charge is 0.347 e. The van der Waals surface area contributed by atoms with Gasteiger partial charge in [-0.15, -0.1) is 4.99 Å². The van der Waals surface area contributed by atoms with Crippen molar-refractivity contribution in [2.24, 2.45) is 4.99 Å². The minimum atomic E-state index is -0.509. The van der Waals surface area contributed by atoms with Crippen LogP contribution in [-0.4, -0.2) is 61.7 Å². The SMILES string of the molecule is COC(=NC(=O)N(C)C)NC(=O)N(C)C(C)(C)C. The number of methoxy groups -OCH3 is 1. The molecule has 0 aliphatic heterocycles. The van der Waals surface area contributed by atoms with Gasteiger partial charge in [0.05, 0.1) is 7.11 Å². The Hall–Kier alpha value is -1.79. The maximum atomic E-state index is 11.8. The number of hydrogen-bond donors (Lipinski definition) is 1. The summed E-state index contributed by atoms with van der Waals surface area (Å²) in [6.45, 7) is 5.67. The number of nitrogens with zero attached hydrogens (tertiary/aromatic N) is 3. The van der Waals surface area contributed by atoms with E-state index in [2.05, 4.69) is 10.3 Å². The quantitative estimate of drug-likeness (QED) is 0.522. The van der Waals surface area contributed by atoms with E-state index in [9.17, 15) is 9.59 Å². The highest BCUT2D eigenvalue weighted by atomic mass is 16.5. The highest BCUT2D eigenvalue weighted by Gasteiger charge is 2.23. The molecule has 0 aromatic heterocycles. The lowest BCUT2D eigenvalue weighted by atomic mass is 10.1. The summed E-state index contributed by atoms with van der Waals surface area (Å²) >= 11 is 0. The summed E-state index contributed by atoms with van der Waals surface area (Å²) in [5.74, 6) is 0. The number of rotatable bonds is 0. The Morgan fingerprint density at radius 3 is 2.00 bits per heavy atom. The molecule has 4 amide bonds. The highest BCUT2D eigenvalue weighted by Crippen LogP contribution is 2.09. The average molecular weight is 258 g/mol. The van der Waals surface area contributed by atoms with Gasteiger partial charge in [0.15, 0.2) is 0 Å². The summed E-state index contributed by atoms with van der Waals surface area (Å²) in [6, 6.07) is -1.03. The maximum Gasteiger partial charge on any atom is 0.347 e. The third-order valence-electron chi connectivity index (χ3n) is 2.30. The van der Waals surface area contributed by atoms with Crippen LogP contribution in [0, 0.1) is 0 Å². The van der Waals surface area contributed by atoms with Gasteiger partial charge in [0.1, 0.15) is 0 Å². The van der Waals surface area contributed by atoms with Crippen molar-refractivity contribution in [3.8, 4) is 0 Å². The molecule has 0 aromatic rings. The van der Waals surface area contributed by atoms with Gasteiger partial charge in [-0.25, -0.2) is 9.59 Å². The monoisotopic (exact) mass is 258 g/mol. The number of hydrogen-bond acceptors (Lipinski definition) is 3. The molecule has 0 rings (SSSR count). The van der Waals surface area contributed by atoms with Crippen LogP contribution in [0.25, 0.3) is 0 Å². The molecule has 104 valence electrons. The molecule has 1 N–H and O–H groups in total. The van der Waals surface area contributed by atoms with E-state index in [1.807, 2.05) is 20.8 Å². The number of carbonyl (C=O) groups excluding carboxylic acids is 2. The lowest BCUT2D eigenvalue weighted by Gasteiger charge is -2.31. The van der Waals surface area contributed by atoms with Gasteiger partial charge in [-0.1, -0.05) is 0 Å². The molecule has 0 unspecified atom stereocenters. The van der Waals surface area contributed by atoms with Crippen LogP contribution in [0.3, 0.4) is 0 Å². The summed E-state index contributed by atoms with van der Waals surface area (Å²) in [7, 11) is 6.10. The molecule has 7 heteroatoms. The summed E-state index contributed by atoms with van der Waals surface area (Å²) in [5, 5.41) is 2.43. The Bertz CT molecular complexity index is 345. The predicted octanol–water partition coefficient (Wildman–Crippen LogP) is 1.11. The van der Waals surface area contributed by atoms with Crippen LogP contribution in [-0.2, 0) is 4.74 Å². The first-order chi connectivity index (χ1) is 8.09. The average Bonchev–Trinajstić information content (AvgIpc) is 2.25. The molecule has 0 bridgehead atoms. The normalized spacial score (nSPS) is 11.8. The van der Waals surface area contributed by atoms with Crippen LogP contribution < -0.4 is 5.32 Å². The van der Waals surface area contributed by atoms with Crippen molar-refractivity contribution in [1.29, 1.82) is 0 Å². The Morgan fingerprint density at radius 1 is 1.17 bits per heavy atom. The van der Waals surface area contributed by atoms with Crippen LogP contribution in [0.2, 0.25) is 0 Å². The van der Waals surface area contributed by atoms with E-state index in [0.29, 0.717) is 0 Å². The second-order valence-corrected chi connectivity index (χ2v) is 4.96. The van der Waals surface area contributed by atoms with Crippen LogP contribution in [0.15, 0.2) is 4.99 Å². The van der Waals surface area contributed by atoms with Gasteiger partial charge < -0.3 is 14.5 Å². The lowest BCUT2D eigenvalue weighted by molar-refractivity contribution is 0.168. The third-order valence-corrected chi connectivity index (χ3v) is 2.30. The number of nitrogens with one attached hydrogen (secondary N) is 1. The second kappa shape index (κ2) is 6.23. The van der Waals surface area contributed by atoms with Gasteiger partial charge in [-0.2, -0.15) is 0 Å². The Kier molecular flexibility index (Phi) is 5.61. The Balaban J connectivity index is 4.75. The van der Waals surface area contributed by atoms with E-state index in [4.69, 9.17) is 4.74 Å². The van der Waals surface area contributed by atoms with Crippen molar-refractivity contribution in [3.05, 3.63) is 0 Å². The predicted molar refractivity (Wildman–Crippen MR) is 69.6 cm³/mol. The molecular formula is C11H22N4O3. The van der Waals surface area contributed by atoms with Gasteiger partial charge in [0, 0.05) is 26.7 Å². The van der Waals surface area contributed by atoms with Crippen molar-refractivity contribution >= 4 is 18.1 Å². The topological polar surface area (TPSA) is 74.2 Å². The third kappa shape index (κ3) is 5.03. The van der Waals surface area contributed by atoms with E-state index in [1.165, 1.54) is 16.9 Å². The van der Waals surface area contributed by atoms with Crippen molar-refractivity contribution in [1.82, 2.24) is 15.1 Å². The zero-order valence-electron chi connectivity index (χ0n) is 12.1. The molecule has 0 radical (unpaired) electrons.